The third-order valence-electron chi connectivity index (χ3n) is 3.66. The second-order valence-corrected chi connectivity index (χ2v) is 5.57. The van der Waals surface area contributed by atoms with Gasteiger partial charge in [0.1, 0.15) is 5.02 Å². The van der Waals surface area contributed by atoms with Crippen molar-refractivity contribution in [3.63, 3.8) is 0 Å². The summed E-state index contributed by atoms with van der Waals surface area (Å²) in [6.45, 7) is 6.06. The first kappa shape index (κ1) is 15.2. The largest absolute Gasteiger partial charge is 0.315 e. The van der Waals surface area contributed by atoms with Crippen molar-refractivity contribution in [2.75, 3.05) is 19.6 Å². The second kappa shape index (κ2) is 7.02. The summed E-state index contributed by atoms with van der Waals surface area (Å²) in [5.74, 6) is 0. The van der Waals surface area contributed by atoms with E-state index in [1.165, 1.54) is 6.07 Å². The van der Waals surface area contributed by atoms with Crippen LogP contribution in [0.5, 0.6) is 0 Å². The standard InChI is InChI=1S/C14H20ClN3O2/c1-2-7-17(12-5-6-16-9-12)10-11-3-4-14(18(19)20)13(15)8-11/h3-4,8,12,16H,2,5-7,9-10H2,1H3. The van der Waals surface area contributed by atoms with E-state index in [0.29, 0.717) is 6.04 Å². The summed E-state index contributed by atoms with van der Waals surface area (Å²) in [7, 11) is 0. The maximum Gasteiger partial charge on any atom is 0.287 e. The monoisotopic (exact) mass is 297 g/mol. The quantitative estimate of drug-likeness (QED) is 0.648. The lowest BCUT2D eigenvalue weighted by molar-refractivity contribution is -0.384. The summed E-state index contributed by atoms with van der Waals surface area (Å²) >= 11 is 5.97. The van der Waals surface area contributed by atoms with Gasteiger partial charge in [-0.2, -0.15) is 0 Å². The number of hydrogen-bond donors (Lipinski definition) is 1. The highest BCUT2D eigenvalue weighted by Crippen LogP contribution is 2.26. The zero-order valence-corrected chi connectivity index (χ0v) is 12.4. The first-order chi connectivity index (χ1) is 9.61. The first-order valence-electron chi connectivity index (χ1n) is 6.99. The predicted molar refractivity (Wildman–Crippen MR) is 80.1 cm³/mol. The van der Waals surface area contributed by atoms with Gasteiger partial charge in [-0.1, -0.05) is 24.6 Å². The molecule has 5 nitrogen and oxygen atoms in total. The number of nitrogens with zero attached hydrogens (tertiary/aromatic N) is 2. The van der Waals surface area contributed by atoms with Gasteiger partial charge >= 0.3 is 0 Å². The molecular weight excluding hydrogens is 278 g/mol. The lowest BCUT2D eigenvalue weighted by atomic mass is 10.1. The molecule has 0 spiro atoms. The SMILES string of the molecule is CCCN(Cc1ccc([N+](=O)[O-])c(Cl)c1)C1CCNC1. The Labute approximate surface area is 124 Å². The summed E-state index contributed by atoms with van der Waals surface area (Å²) in [5.41, 5.74) is 1.00. The summed E-state index contributed by atoms with van der Waals surface area (Å²) < 4.78 is 0. The lowest BCUT2D eigenvalue weighted by Crippen LogP contribution is -2.36. The molecule has 6 heteroatoms. The fraction of sp³-hybridized carbons (Fsp3) is 0.571. The van der Waals surface area contributed by atoms with Crippen LogP contribution in [0, 0.1) is 10.1 Å². The number of nitrogens with one attached hydrogen (secondary N) is 1. The molecule has 20 heavy (non-hydrogen) atoms. The summed E-state index contributed by atoms with van der Waals surface area (Å²) in [5, 5.41) is 14.4. The average Bonchev–Trinajstić information content (AvgIpc) is 2.91. The fourth-order valence-corrected chi connectivity index (χ4v) is 2.93. The summed E-state index contributed by atoms with van der Waals surface area (Å²) in [4.78, 5) is 12.7. The van der Waals surface area contributed by atoms with Crippen molar-refractivity contribution in [1.29, 1.82) is 0 Å². The van der Waals surface area contributed by atoms with Crippen molar-refractivity contribution in [1.82, 2.24) is 10.2 Å². The van der Waals surface area contributed by atoms with Gasteiger partial charge in [0.15, 0.2) is 0 Å². The molecular formula is C14H20ClN3O2. The van der Waals surface area contributed by atoms with E-state index in [2.05, 4.69) is 17.1 Å². The number of nitro groups is 1. The van der Waals surface area contributed by atoms with E-state index in [9.17, 15) is 10.1 Å². The number of benzene rings is 1. The molecule has 1 N–H and O–H groups in total. The van der Waals surface area contributed by atoms with Gasteiger partial charge in [0, 0.05) is 25.2 Å². The van der Waals surface area contributed by atoms with Crippen LogP contribution in [-0.4, -0.2) is 35.5 Å². The van der Waals surface area contributed by atoms with E-state index < -0.39 is 4.92 Å². The van der Waals surface area contributed by atoms with Crippen LogP contribution in [0.1, 0.15) is 25.3 Å². The molecule has 0 bridgehead atoms. The fourth-order valence-electron chi connectivity index (χ4n) is 2.66. The van der Waals surface area contributed by atoms with E-state index in [1.807, 2.05) is 0 Å². The molecule has 0 amide bonds. The summed E-state index contributed by atoms with van der Waals surface area (Å²) in [6.07, 6.45) is 2.25. The third-order valence-corrected chi connectivity index (χ3v) is 3.96. The van der Waals surface area contributed by atoms with Gasteiger partial charge in [0.05, 0.1) is 4.92 Å². The Bertz CT molecular complexity index is 475. The summed E-state index contributed by atoms with van der Waals surface area (Å²) in [6, 6.07) is 5.55. The number of rotatable bonds is 6. The molecule has 1 heterocycles. The van der Waals surface area contributed by atoms with E-state index in [4.69, 9.17) is 11.6 Å². The van der Waals surface area contributed by atoms with Gasteiger partial charge in [-0.3, -0.25) is 15.0 Å². The van der Waals surface area contributed by atoms with Crippen molar-refractivity contribution in [2.45, 2.75) is 32.4 Å². The highest BCUT2D eigenvalue weighted by molar-refractivity contribution is 6.32. The molecule has 0 aliphatic carbocycles. The molecule has 0 radical (unpaired) electrons. The molecule has 1 aromatic rings. The molecule has 1 saturated heterocycles. The van der Waals surface area contributed by atoms with Crippen LogP contribution in [0.2, 0.25) is 5.02 Å². The maximum absolute atomic E-state index is 10.8. The molecule has 1 aromatic carbocycles. The predicted octanol–water partition coefficient (Wildman–Crippen LogP) is 2.82. The second-order valence-electron chi connectivity index (χ2n) is 5.16. The Balaban J connectivity index is 2.09. The molecule has 0 saturated carbocycles. The number of nitro benzene ring substituents is 1. The number of halogens is 1. The first-order valence-corrected chi connectivity index (χ1v) is 7.37. The maximum atomic E-state index is 10.8. The van der Waals surface area contributed by atoms with Crippen LogP contribution >= 0.6 is 11.6 Å². The van der Waals surface area contributed by atoms with E-state index in [0.717, 1.165) is 44.6 Å². The Morgan fingerprint density at radius 3 is 2.90 bits per heavy atom. The number of hydrogen-bond acceptors (Lipinski definition) is 4. The van der Waals surface area contributed by atoms with Gasteiger partial charge < -0.3 is 5.32 Å². The van der Waals surface area contributed by atoms with Crippen LogP contribution in [0.25, 0.3) is 0 Å². The van der Waals surface area contributed by atoms with Crippen LogP contribution < -0.4 is 5.32 Å². The van der Waals surface area contributed by atoms with Crippen molar-refractivity contribution < 1.29 is 4.92 Å². The normalized spacial score (nSPS) is 18.6. The van der Waals surface area contributed by atoms with E-state index in [-0.39, 0.29) is 10.7 Å². The topological polar surface area (TPSA) is 58.4 Å². The highest BCUT2D eigenvalue weighted by atomic mass is 35.5. The molecule has 2 rings (SSSR count). The van der Waals surface area contributed by atoms with Crippen LogP contribution in [0.15, 0.2) is 18.2 Å². The zero-order chi connectivity index (χ0) is 14.5. The lowest BCUT2D eigenvalue weighted by Gasteiger charge is -2.28. The molecule has 1 aliphatic heterocycles. The van der Waals surface area contributed by atoms with Crippen molar-refractivity contribution in [2.24, 2.45) is 0 Å². The van der Waals surface area contributed by atoms with Crippen molar-refractivity contribution in [3.05, 3.63) is 38.9 Å². The minimum absolute atomic E-state index is 0.0278. The van der Waals surface area contributed by atoms with E-state index >= 15 is 0 Å². The van der Waals surface area contributed by atoms with Crippen LogP contribution in [-0.2, 0) is 6.54 Å². The Morgan fingerprint density at radius 1 is 1.55 bits per heavy atom. The Hall–Kier alpha value is -1.17. The minimum atomic E-state index is -0.448. The smallest absolute Gasteiger partial charge is 0.287 e. The van der Waals surface area contributed by atoms with Gasteiger partial charge in [-0.25, -0.2) is 0 Å². The molecule has 1 fully saturated rings. The molecule has 1 atom stereocenters. The van der Waals surface area contributed by atoms with Gasteiger partial charge in [-0.15, -0.1) is 0 Å². The van der Waals surface area contributed by atoms with Crippen molar-refractivity contribution >= 4 is 17.3 Å². The van der Waals surface area contributed by atoms with Gasteiger partial charge in [-0.05, 0) is 37.6 Å². The molecule has 1 aliphatic rings. The van der Waals surface area contributed by atoms with Gasteiger partial charge in [0.2, 0.25) is 0 Å². The Morgan fingerprint density at radius 2 is 2.35 bits per heavy atom. The molecule has 110 valence electrons. The highest BCUT2D eigenvalue weighted by Gasteiger charge is 2.22. The van der Waals surface area contributed by atoms with Crippen LogP contribution in [0.4, 0.5) is 5.69 Å². The average molecular weight is 298 g/mol. The van der Waals surface area contributed by atoms with E-state index in [1.54, 1.807) is 12.1 Å². The minimum Gasteiger partial charge on any atom is -0.315 e. The van der Waals surface area contributed by atoms with Crippen LogP contribution in [0.3, 0.4) is 0 Å². The van der Waals surface area contributed by atoms with Gasteiger partial charge in [0.25, 0.3) is 5.69 Å². The zero-order valence-electron chi connectivity index (χ0n) is 11.6. The van der Waals surface area contributed by atoms with Crippen molar-refractivity contribution in [3.8, 4) is 0 Å². The molecule has 0 aromatic heterocycles. The third kappa shape index (κ3) is 3.69. The Kier molecular flexibility index (Phi) is 5.34. The molecule has 1 unspecified atom stereocenters.